The molecule has 0 radical (unpaired) electrons. The molecule has 0 fully saturated rings. The Morgan fingerprint density at radius 2 is 1.62 bits per heavy atom. The van der Waals surface area contributed by atoms with E-state index in [0.29, 0.717) is 5.69 Å². The molecule has 0 aromatic heterocycles. The highest BCUT2D eigenvalue weighted by molar-refractivity contribution is 9.10. The summed E-state index contributed by atoms with van der Waals surface area (Å²) in [6.07, 6.45) is 0. The van der Waals surface area contributed by atoms with Crippen molar-refractivity contribution in [2.24, 2.45) is 0 Å². The number of nitrogens with zero attached hydrogens (tertiary/aromatic N) is 2. The molecule has 0 atom stereocenters. The summed E-state index contributed by atoms with van der Waals surface area (Å²) in [6, 6.07) is 24.6. The molecule has 0 spiro atoms. The van der Waals surface area contributed by atoms with Crippen LogP contribution in [0.15, 0.2) is 88.2 Å². The average molecular weight is 427 g/mol. The van der Waals surface area contributed by atoms with Crippen molar-refractivity contribution >= 4 is 31.6 Å². The van der Waals surface area contributed by atoms with Gasteiger partial charge < -0.3 is 0 Å². The van der Waals surface area contributed by atoms with E-state index in [1.807, 2.05) is 36.4 Å². The van der Waals surface area contributed by atoms with Gasteiger partial charge in [0.2, 0.25) is 0 Å². The van der Waals surface area contributed by atoms with Crippen molar-refractivity contribution in [1.29, 1.82) is 5.26 Å². The molecule has 0 saturated carbocycles. The number of anilines is 1. The van der Waals surface area contributed by atoms with Gasteiger partial charge in [-0.2, -0.15) is 5.26 Å². The van der Waals surface area contributed by atoms with Crippen LogP contribution in [-0.2, 0) is 16.6 Å². The van der Waals surface area contributed by atoms with Crippen LogP contribution < -0.4 is 4.31 Å². The zero-order valence-electron chi connectivity index (χ0n) is 13.7. The lowest BCUT2D eigenvalue weighted by Gasteiger charge is -2.25. The van der Waals surface area contributed by atoms with Gasteiger partial charge in [-0.15, -0.1) is 0 Å². The van der Waals surface area contributed by atoms with Crippen LogP contribution in [0.2, 0.25) is 0 Å². The fourth-order valence-electron chi connectivity index (χ4n) is 2.61. The van der Waals surface area contributed by atoms with E-state index >= 15 is 0 Å². The summed E-state index contributed by atoms with van der Waals surface area (Å²) < 4.78 is 28.9. The maximum absolute atomic E-state index is 13.4. The van der Waals surface area contributed by atoms with Crippen molar-refractivity contribution in [2.45, 2.75) is 11.4 Å². The number of hydrogen-bond acceptors (Lipinski definition) is 3. The minimum atomic E-state index is -3.91. The summed E-state index contributed by atoms with van der Waals surface area (Å²) in [5, 5.41) is 9.32. The average Bonchev–Trinajstić information content (AvgIpc) is 2.66. The number of sulfonamides is 1. The van der Waals surface area contributed by atoms with Gasteiger partial charge in [-0.05, 0) is 42.0 Å². The molecule has 0 amide bonds. The number of hydrogen-bond donors (Lipinski definition) is 0. The van der Waals surface area contributed by atoms with Crippen molar-refractivity contribution in [3.05, 3.63) is 94.5 Å². The first-order valence-electron chi connectivity index (χ1n) is 7.84. The number of rotatable bonds is 5. The predicted octanol–water partition coefficient (Wildman–Crippen LogP) is 4.72. The second-order valence-electron chi connectivity index (χ2n) is 5.59. The Morgan fingerprint density at radius 1 is 0.923 bits per heavy atom. The van der Waals surface area contributed by atoms with E-state index in [9.17, 15) is 13.7 Å². The molecule has 0 aliphatic heterocycles. The van der Waals surface area contributed by atoms with Crippen LogP contribution in [0.1, 0.15) is 11.1 Å². The Kier molecular flexibility index (Phi) is 5.40. The van der Waals surface area contributed by atoms with Gasteiger partial charge in [0.15, 0.2) is 0 Å². The second kappa shape index (κ2) is 7.73. The first kappa shape index (κ1) is 18.2. The lowest BCUT2D eigenvalue weighted by Crippen LogP contribution is -2.31. The normalized spacial score (nSPS) is 10.9. The maximum Gasteiger partial charge on any atom is 0.265 e. The molecule has 0 bridgehead atoms. The van der Waals surface area contributed by atoms with Crippen LogP contribution in [0.25, 0.3) is 0 Å². The van der Waals surface area contributed by atoms with E-state index in [4.69, 9.17) is 0 Å². The van der Waals surface area contributed by atoms with E-state index in [2.05, 4.69) is 15.9 Å². The Balaban J connectivity index is 2.13. The minimum absolute atomic E-state index is 0.00125. The van der Waals surface area contributed by atoms with E-state index in [1.54, 1.807) is 36.4 Å². The Hall–Kier alpha value is -2.62. The van der Waals surface area contributed by atoms with Crippen molar-refractivity contribution in [1.82, 2.24) is 0 Å². The third-order valence-electron chi connectivity index (χ3n) is 3.83. The molecule has 130 valence electrons. The van der Waals surface area contributed by atoms with Crippen molar-refractivity contribution in [3.63, 3.8) is 0 Å². The van der Waals surface area contributed by atoms with Gasteiger partial charge >= 0.3 is 0 Å². The van der Waals surface area contributed by atoms with Crippen molar-refractivity contribution in [3.8, 4) is 6.07 Å². The Labute approximate surface area is 161 Å². The van der Waals surface area contributed by atoms with Crippen LogP contribution >= 0.6 is 15.9 Å². The summed E-state index contributed by atoms with van der Waals surface area (Å²) in [5.74, 6) is 0. The third-order valence-corrected chi connectivity index (χ3v) is 6.16. The Morgan fingerprint density at radius 3 is 2.31 bits per heavy atom. The van der Waals surface area contributed by atoms with Gasteiger partial charge in [-0.3, -0.25) is 4.31 Å². The van der Waals surface area contributed by atoms with Crippen LogP contribution in [0.3, 0.4) is 0 Å². The number of para-hydroxylation sites is 1. The summed E-state index contributed by atoms with van der Waals surface area (Å²) in [7, 11) is -3.91. The number of benzene rings is 3. The third kappa shape index (κ3) is 3.79. The molecule has 0 unspecified atom stereocenters. The molecule has 0 N–H and O–H groups in total. The first-order chi connectivity index (χ1) is 12.5. The number of nitriles is 1. The van der Waals surface area contributed by atoms with Gasteiger partial charge in [-0.25, -0.2) is 8.42 Å². The minimum Gasteiger partial charge on any atom is -0.262 e. The molecule has 0 aliphatic rings. The van der Waals surface area contributed by atoms with Crippen molar-refractivity contribution in [2.75, 3.05) is 4.31 Å². The summed E-state index contributed by atoms with van der Waals surface area (Å²) >= 11 is 3.42. The monoisotopic (exact) mass is 426 g/mol. The van der Waals surface area contributed by atoms with Crippen LogP contribution in [0, 0.1) is 11.3 Å². The molecule has 0 heterocycles. The quantitative estimate of drug-likeness (QED) is 0.592. The highest BCUT2D eigenvalue weighted by Crippen LogP contribution is 2.28. The predicted molar refractivity (Wildman–Crippen MR) is 105 cm³/mol. The standard InChI is InChI=1S/C20H15BrN2O2S/c21-18-9-6-7-16(13-18)15-23(19-10-2-1-3-11-19)26(24,25)20-12-5-4-8-17(20)14-22/h1-13H,15H2. The topological polar surface area (TPSA) is 61.2 Å². The summed E-state index contributed by atoms with van der Waals surface area (Å²) in [5.41, 5.74) is 1.50. The molecule has 0 aliphatic carbocycles. The van der Waals surface area contributed by atoms with Crippen LogP contribution in [0.5, 0.6) is 0 Å². The Bertz CT molecular complexity index is 1060. The highest BCUT2D eigenvalue weighted by Gasteiger charge is 2.27. The van der Waals surface area contributed by atoms with Crippen molar-refractivity contribution < 1.29 is 8.42 Å². The lowest BCUT2D eigenvalue weighted by atomic mass is 10.2. The molecule has 0 saturated heterocycles. The molecular weight excluding hydrogens is 412 g/mol. The summed E-state index contributed by atoms with van der Waals surface area (Å²) in [4.78, 5) is 0.00125. The first-order valence-corrected chi connectivity index (χ1v) is 10.1. The largest absolute Gasteiger partial charge is 0.265 e. The van der Waals surface area contributed by atoms with Gasteiger partial charge in [0.05, 0.1) is 17.8 Å². The summed E-state index contributed by atoms with van der Waals surface area (Å²) in [6.45, 7) is 0.158. The highest BCUT2D eigenvalue weighted by atomic mass is 79.9. The fraction of sp³-hybridized carbons (Fsp3) is 0.0500. The fourth-order valence-corrected chi connectivity index (χ4v) is 4.66. The van der Waals surface area contributed by atoms with Gasteiger partial charge in [-0.1, -0.05) is 58.4 Å². The number of halogens is 1. The SMILES string of the molecule is N#Cc1ccccc1S(=O)(=O)N(Cc1cccc(Br)c1)c1ccccc1. The smallest absolute Gasteiger partial charge is 0.262 e. The molecule has 3 aromatic rings. The molecule has 4 nitrogen and oxygen atoms in total. The van der Waals surface area contributed by atoms with Crippen LogP contribution in [0.4, 0.5) is 5.69 Å². The molecular formula is C20H15BrN2O2S. The van der Waals surface area contributed by atoms with Gasteiger partial charge in [0.25, 0.3) is 10.0 Å². The zero-order valence-corrected chi connectivity index (χ0v) is 16.1. The van der Waals surface area contributed by atoms with E-state index in [-0.39, 0.29) is 17.0 Å². The lowest BCUT2D eigenvalue weighted by molar-refractivity contribution is 0.590. The molecule has 6 heteroatoms. The molecule has 26 heavy (non-hydrogen) atoms. The molecule has 3 rings (SSSR count). The second-order valence-corrected chi connectivity index (χ2v) is 8.33. The van der Waals surface area contributed by atoms with E-state index in [0.717, 1.165) is 10.0 Å². The van der Waals surface area contributed by atoms with Crippen LogP contribution in [-0.4, -0.2) is 8.42 Å². The maximum atomic E-state index is 13.4. The zero-order chi connectivity index (χ0) is 18.6. The van der Waals surface area contributed by atoms with Gasteiger partial charge in [0.1, 0.15) is 11.0 Å². The van der Waals surface area contributed by atoms with E-state index < -0.39 is 10.0 Å². The molecule has 3 aromatic carbocycles. The van der Waals surface area contributed by atoms with E-state index in [1.165, 1.54) is 16.4 Å². The van der Waals surface area contributed by atoms with Gasteiger partial charge in [0, 0.05) is 4.47 Å².